The lowest BCUT2D eigenvalue weighted by molar-refractivity contribution is -0.118. The van der Waals surface area contributed by atoms with E-state index in [0.717, 1.165) is 23.4 Å². The lowest BCUT2D eigenvalue weighted by atomic mass is 9.48. The third kappa shape index (κ3) is 4.75. The maximum absolute atomic E-state index is 13.1. The normalized spacial score (nSPS) is 28.1. The van der Waals surface area contributed by atoms with E-state index in [1.165, 1.54) is 44.1 Å². The van der Waals surface area contributed by atoms with Gasteiger partial charge in [0.15, 0.2) is 0 Å². The number of nitrogens with zero attached hydrogens (tertiary/aromatic N) is 1. The topological polar surface area (TPSA) is 71.1 Å². The molecule has 6 rings (SSSR count). The largest absolute Gasteiger partial charge is 0.340 e. The van der Waals surface area contributed by atoms with Crippen molar-refractivity contribution in [1.82, 2.24) is 10.3 Å². The molecule has 2 aromatic rings. The average Bonchev–Trinajstić information content (AvgIpc) is 2.77. The number of hydrogen-bond donors (Lipinski definition) is 2. The summed E-state index contributed by atoms with van der Waals surface area (Å²) >= 11 is 0. The first-order valence-corrected chi connectivity index (χ1v) is 13.0. The van der Waals surface area contributed by atoms with Crippen molar-refractivity contribution in [3.05, 3.63) is 59.3 Å². The Morgan fingerprint density at radius 3 is 2.15 bits per heavy atom. The van der Waals surface area contributed by atoms with Crippen molar-refractivity contribution in [1.29, 1.82) is 0 Å². The Balaban J connectivity index is 1.27. The summed E-state index contributed by atoms with van der Waals surface area (Å²) in [6.45, 7) is 5.99. The summed E-state index contributed by atoms with van der Waals surface area (Å²) in [6.07, 6.45) is 8.79. The predicted octanol–water partition coefficient (Wildman–Crippen LogP) is 5.64. The quantitative estimate of drug-likeness (QED) is 0.563. The Bertz CT molecular complexity index is 1020. The zero-order chi connectivity index (χ0) is 23.9. The van der Waals surface area contributed by atoms with Gasteiger partial charge in [-0.25, -0.2) is 4.98 Å². The Hall–Kier alpha value is -2.69. The molecule has 5 nitrogen and oxygen atoms in total. The van der Waals surface area contributed by atoms with Gasteiger partial charge in [0, 0.05) is 11.3 Å². The van der Waals surface area contributed by atoms with Crippen LogP contribution in [0.1, 0.15) is 80.4 Å². The Morgan fingerprint density at radius 1 is 0.971 bits per heavy atom. The summed E-state index contributed by atoms with van der Waals surface area (Å²) in [5, 5.41) is 5.84. The number of carbonyl (C=O) groups excluding carboxylic acids is 2. The molecule has 5 heteroatoms. The minimum atomic E-state index is -0.613. The molecule has 4 saturated carbocycles. The average molecular weight is 460 g/mol. The van der Waals surface area contributed by atoms with E-state index in [1.54, 1.807) is 6.07 Å². The van der Waals surface area contributed by atoms with Crippen LogP contribution >= 0.6 is 0 Å². The van der Waals surface area contributed by atoms with Crippen LogP contribution in [0.2, 0.25) is 0 Å². The highest BCUT2D eigenvalue weighted by Crippen LogP contribution is 2.60. The number of aryl methyl sites for hydroxylation is 1. The van der Waals surface area contributed by atoms with Crippen molar-refractivity contribution < 1.29 is 9.59 Å². The first kappa shape index (κ1) is 23.1. The number of amides is 2. The molecule has 4 aliphatic rings. The summed E-state index contributed by atoms with van der Waals surface area (Å²) < 4.78 is 0. The smallest absolute Gasteiger partial charge is 0.251 e. The van der Waals surface area contributed by atoms with Crippen molar-refractivity contribution >= 4 is 17.6 Å². The molecule has 1 unspecified atom stereocenters. The van der Waals surface area contributed by atoms with Crippen molar-refractivity contribution in [3.63, 3.8) is 0 Å². The predicted molar refractivity (Wildman–Crippen MR) is 135 cm³/mol. The van der Waals surface area contributed by atoms with Gasteiger partial charge in [0.05, 0.1) is 0 Å². The molecule has 1 atom stereocenters. The number of benzene rings is 1. The van der Waals surface area contributed by atoms with Crippen LogP contribution in [0.25, 0.3) is 0 Å². The summed E-state index contributed by atoms with van der Waals surface area (Å²) in [7, 11) is 0. The minimum absolute atomic E-state index is 0.199. The molecule has 1 aromatic heterocycles. The lowest BCUT2D eigenvalue weighted by Crippen LogP contribution is -2.48. The van der Waals surface area contributed by atoms with Crippen LogP contribution in [0.5, 0.6) is 0 Å². The van der Waals surface area contributed by atoms with Crippen LogP contribution in [0.15, 0.2) is 42.5 Å². The van der Waals surface area contributed by atoms with Crippen LogP contribution in [0.4, 0.5) is 5.82 Å². The van der Waals surface area contributed by atoms with Crippen LogP contribution in [-0.4, -0.2) is 22.8 Å². The summed E-state index contributed by atoms with van der Waals surface area (Å²) in [5.41, 5.74) is 3.18. The Labute approximate surface area is 203 Å². The van der Waals surface area contributed by atoms with E-state index in [-0.39, 0.29) is 17.7 Å². The third-order valence-corrected chi connectivity index (χ3v) is 8.27. The standard InChI is InChI=1S/C29H37N3O2/c1-18(2)11-25(28(34)32-26-6-4-5-19(3)30-26)31-27(33)23-7-9-24(10-8-23)29-15-20-12-21(16-29)14-22(13-20)17-29/h4-10,18,20-22,25H,11-17H2,1-3H3,(H,31,33)(H,30,32,34). The van der Waals surface area contributed by atoms with E-state index < -0.39 is 6.04 Å². The fraction of sp³-hybridized carbons (Fsp3) is 0.552. The van der Waals surface area contributed by atoms with Crippen molar-refractivity contribution in [3.8, 4) is 0 Å². The SMILES string of the molecule is Cc1cccc(NC(=O)C(CC(C)C)NC(=O)c2ccc(C34CC5CC(CC(C5)C3)C4)cc2)n1. The monoisotopic (exact) mass is 459 g/mol. The molecule has 2 N–H and O–H groups in total. The molecule has 1 aromatic carbocycles. The number of hydrogen-bond acceptors (Lipinski definition) is 3. The maximum Gasteiger partial charge on any atom is 0.251 e. The highest BCUT2D eigenvalue weighted by atomic mass is 16.2. The second-order valence-corrected chi connectivity index (χ2v) is 11.6. The maximum atomic E-state index is 13.1. The second-order valence-electron chi connectivity index (χ2n) is 11.6. The van der Waals surface area contributed by atoms with Gasteiger partial charge in [-0.3, -0.25) is 9.59 Å². The van der Waals surface area contributed by atoms with Gasteiger partial charge in [0.1, 0.15) is 11.9 Å². The van der Waals surface area contributed by atoms with Crippen molar-refractivity contribution in [2.45, 2.75) is 77.2 Å². The van der Waals surface area contributed by atoms with E-state index in [2.05, 4.69) is 41.6 Å². The summed E-state index contributed by atoms with van der Waals surface area (Å²) in [4.78, 5) is 30.4. The number of anilines is 1. The van der Waals surface area contributed by atoms with Gasteiger partial charge in [-0.2, -0.15) is 0 Å². The first-order valence-electron chi connectivity index (χ1n) is 13.0. The molecule has 180 valence electrons. The fourth-order valence-corrected chi connectivity index (χ4v) is 7.21. The van der Waals surface area contributed by atoms with E-state index in [9.17, 15) is 9.59 Å². The van der Waals surface area contributed by atoms with Gasteiger partial charge >= 0.3 is 0 Å². The lowest BCUT2D eigenvalue weighted by Gasteiger charge is -2.57. The fourth-order valence-electron chi connectivity index (χ4n) is 7.21. The number of aromatic nitrogens is 1. The molecule has 34 heavy (non-hydrogen) atoms. The molecule has 0 aliphatic heterocycles. The highest BCUT2D eigenvalue weighted by molar-refractivity contribution is 6.00. The molecule has 0 saturated heterocycles. The number of nitrogens with one attached hydrogen (secondary N) is 2. The zero-order valence-corrected chi connectivity index (χ0v) is 20.6. The second kappa shape index (κ2) is 9.16. The van der Waals surface area contributed by atoms with Crippen LogP contribution in [0, 0.1) is 30.6 Å². The Kier molecular flexibility index (Phi) is 6.22. The van der Waals surface area contributed by atoms with E-state index in [0.29, 0.717) is 23.2 Å². The van der Waals surface area contributed by atoms with Crippen LogP contribution in [0.3, 0.4) is 0 Å². The molecule has 4 fully saturated rings. The molecule has 4 bridgehead atoms. The minimum Gasteiger partial charge on any atom is -0.340 e. The number of pyridine rings is 1. The molecular formula is C29H37N3O2. The molecule has 4 aliphatic carbocycles. The first-order chi connectivity index (χ1) is 16.3. The third-order valence-electron chi connectivity index (χ3n) is 8.27. The van der Waals surface area contributed by atoms with Gasteiger partial charge in [-0.15, -0.1) is 0 Å². The van der Waals surface area contributed by atoms with E-state index in [1.807, 2.05) is 31.2 Å². The van der Waals surface area contributed by atoms with Crippen LogP contribution in [-0.2, 0) is 10.2 Å². The number of carbonyl (C=O) groups is 2. The van der Waals surface area contributed by atoms with E-state index in [4.69, 9.17) is 0 Å². The highest BCUT2D eigenvalue weighted by Gasteiger charge is 2.51. The van der Waals surface area contributed by atoms with Crippen molar-refractivity contribution in [2.75, 3.05) is 5.32 Å². The van der Waals surface area contributed by atoms with Crippen molar-refractivity contribution in [2.24, 2.45) is 23.7 Å². The zero-order valence-electron chi connectivity index (χ0n) is 20.6. The number of rotatable bonds is 7. The van der Waals surface area contributed by atoms with Gasteiger partial charge in [-0.1, -0.05) is 32.0 Å². The van der Waals surface area contributed by atoms with Crippen LogP contribution < -0.4 is 10.6 Å². The molecule has 2 amide bonds. The molecule has 0 spiro atoms. The summed E-state index contributed by atoms with van der Waals surface area (Å²) in [5.74, 6) is 3.03. The molecule has 0 radical (unpaired) electrons. The molecule has 1 heterocycles. The Morgan fingerprint density at radius 2 is 1.59 bits per heavy atom. The molecular weight excluding hydrogens is 422 g/mol. The van der Waals surface area contributed by atoms with Gasteiger partial charge in [0.2, 0.25) is 5.91 Å². The van der Waals surface area contributed by atoms with Gasteiger partial charge in [0.25, 0.3) is 5.91 Å². The summed E-state index contributed by atoms with van der Waals surface area (Å²) in [6, 6.07) is 13.2. The van der Waals surface area contributed by atoms with E-state index >= 15 is 0 Å². The van der Waals surface area contributed by atoms with Gasteiger partial charge < -0.3 is 10.6 Å². The van der Waals surface area contributed by atoms with Gasteiger partial charge in [-0.05, 0) is 111 Å².